The Hall–Kier alpha value is -3.38. The van der Waals surface area contributed by atoms with E-state index >= 15 is 0 Å². The summed E-state index contributed by atoms with van der Waals surface area (Å²) in [6.07, 6.45) is 0. The van der Waals surface area contributed by atoms with Crippen molar-refractivity contribution in [1.29, 1.82) is 0 Å². The lowest BCUT2D eigenvalue weighted by Gasteiger charge is -2.20. The molecule has 1 heterocycles. The Morgan fingerprint density at radius 2 is 1.62 bits per heavy atom. The molecule has 3 aromatic carbocycles. The van der Waals surface area contributed by atoms with Crippen molar-refractivity contribution in [3.63, 3.8) is 0 Å². The van der Waals surface area contributed by atoms with Crippen LogP contribution in [-0.4, -0.2) is 29.8 Å². The van der Waals surface area contributed by atoms with Crippen LogP contribution in [-0.2, 0) is 4.74 Å². The predicted molar refractivity (Wildman–Crippen MR) is 140 cm³/mol. The first-order valence-electron chi connectivity index (χ1n) is 10.9. The van der Waals surface area contributed by atoms with Gasteiger partial charge in [-0.2, -0.15) is 0 Å². The third-order valence-electron chi connectivity index (χ3n) is 5.48. The van der Waals surface area contributed by atoms with Crippen molar-refractivity contribution >= 4 is 45.6 Å². The highest BCUT2D eigenvalue weighted by Gasteiger charge is 2.16. The Morgan fingerprint density at radius 1 is 0.912 bits per heavy atom. The van der Waals surface area contributed by atoms with Crippen molar-refractivity contribution in [1.82, 2.24) is 9.55 Å². The number of anilines is 2. The van der Waals surface area contributed by atoms with Crippen LogP contribution in [0.5, 0.6) is 0 Å². The first-order chi connectivity index (χ1) is 16.6. The third kappa shape index (κ3) is 4.64. The quantitative estimate of drug-likeness (QED) is 0.213. The first kappa shape index (κ1) is 22.4. The average molecular weight is 489 g/mol. The van der Waals surface area contributed by atoms with Crippen LogP contribution in [0.3, 0.4) is 0 Å². The highest BCUT2D eigenvalue weighted by molar-refractivity contribution is 6.30. The third-order valence-corrected chi connectivity index (χ3v) is 5.99. The Labute approximate surface area is 207 Å². The number of rotatable bonds is 6. The molecule has 0 atom stereocenters. The molecule has 0 saturated carbocycles. The van der Waals surface area contributed by atoms with Gasteiger partial charge in [-0.3, -0.25) is 4.99 Å². The van der Waals surface area contributed by atoms with E-state index in [1.165, 1.54) is 0 Å². The molecule has 170 valence electrons. The largest absolute Gasteiger partial charge is 0.383 e. The summed E-state index contributed by atoms with van der Waals surface area (Å²) in [6.45, 7) is 1.07. The maximum Gasteiger partial charge on any atom is 0.0900 e. The zero-order valence-corrected chi connectivity index (χ0v) is 20.0. The molecule has 0 aromatic heterocycles. The van der Waals surface area contributed by atoms with Crippen LogP contribution in [0.2, 0.25) is 10.0 Å². The van der Waals surface area contributed by atoms with E-state index < -0.39 is 0 Å². The molecule has 1 aliphatic carbocycles. The van der Waals surface area contributed by atoms with E-state index in [0.717, 1.165) is 44.8 Å². The van der Waals surface area contributed by atoms with Crippen LogP contribution in [0, 0.1) is 0 Å². The number of para-hydroxylation sites is 2. The summed E-state index contributed by atoms with van der Waals surface area (Å²) < 4.78 is 7.42. The summed E-state index contributed by atoms with van der Waals surface area (Å²) in [7, 11) is 1.67. The van der Waals surface area contributed by atoms with E-state index in [9.17, 15) is 0 Å². The van der Waals surface area contributed by atoms with E-state index in [0.29, 0.717) is 23.2 Å². The molecule has 5 nitrogen and oxygen atoms in total. The summed E-state index contributed by atoms with van der Waals surface area (Å²) in [5.74, 6) is 0. The van der Waals surface area contributed by atoms with Crippen molar-refractivity contribution in [3.8, 4) is 17.1 Å². The second-order valence-electron chi connectivity index (χ2n) is 7.78. The van der Waals surface area contributed by atoms with Gasteiger partial charge in [-0.1, -0.05) is 35.3 Å². The lowest BCUT2D eigenvalue weighted by Crippen LogP contribution is -2.16. The molecule has 0 spiro atoms. The molecule has 5 rings (SSSR count). The minimum absolute atomic E-state index is 0.533. The molecule has 0 saturated heterocycles. The molecule has 7 heteroatoms. The molecule has 0 bridgehead atoms. The highest BCUT2D eigenvalue weighted by Crippen LogP contribution is 2.31. The van der Waals surface area contributed by atoms with Crippen molar-refractivity contribution in [3.05, 3.63) is 100 Å². The number of hydrogen-bond donors (Lipinski definition) is 1. The van der Waals surface area contributed by atoms with Crippen LogP contribution in [0.25, 0.3) is 28.1 Å². The van der Waals surface area contributed by atoms with Crippen molar-refractivity contribution in [2.75, 3.05) is 25.6 Å². The van der Waals surface area contributed by atoms with Gasteiger partial charge in [0, 0.05) is 28.5 Å². The van der Waals surface area contributed by atoms with Gasteiger partial charge >= 0.3 is 0 Å². The van der Waals surface area contributed by atoms with Crippen LogP contribution >= 0.6 is 23.2 Å². The molecule has 34 heavy (non-hydrogen) atoms. The Bertz CT molecular complexity index is 1480. The SMILES string of the molecule is COCCN=c1cc2n(-c3ccc(Cl)cc3)c3ccccc3nc-2cc1Nc1ccc(Cl)cc1. The second kappa shape index (κ2) is 9.85. The number of methoxy groups -OCH3 is 1. The van der Waals surface area contributed by atoms with E-state index in [-0.39, 0.29) is 0 Å². The number of halogens is 2. The average Bonchev–Trinajstić information content (AvgIpc) is 2.85. The zero-order chi connectivity index (χ0) is 23.5. The van der Waals surface area contributed by atoms with Gasteiger partial charge in [0.2, 0.25) is 0 Å². The van der Waals surface area contributed by atoms with Gasteiger partial charge in [0.15, 0.2) is 0 Å². The van der Waals surface area contributed by atoms with Crippen molar-refractivity contribution < 1.29 is 4.74 Å². The molecule has 1 N–H and O–H groups in total. The second-order valence-corrected chi connectivity index (χ2v) is 8.65. The summed E-state index contributed by atoms with van der Waals surface area (Å²) in [4.78, 5) is 9.77. The maximum atomic E-state index is 6.17. The molecule has 2 aliphatic rings. The first-order valence-corrected chi connectivity index (χ1v) is 11.6. The van der Waals surface area contributed by atoms with Gasteiger partial charge < -0.3 is 14.6 Å². The molecule has 0 fully saturated rings. The number of nitrogens with one attached hydrogen (secondary N) is 1. The lowest BCUT2D eigenvalue weighted by atomic mass is 10.1. The molecule has 3 aromatic rings. The minimum Gasteiger partial charge on any atom is -0.383 e. The van der Waals surface area contributed by atoms with Gasteiger partial charge in [0.25, 0.3) is 0 Å². The fourth-order valence-electron chi connectivity index (χ4n) is 3.89. The summed E-state index contributed by atoms with van der Waals surface area (Å²) in [5, 5.41) is 5.67. The predicted octanol–water partition coefficient (Wildman–Crippen LogP) is 6.73. The smallest absolute Gasteiger partial charge is 0.0900 e. The van der Waals surface area contributed by atoms with Crippen molar-refractivity contribution in [2.24, 2.45) is 4.99 Å². The standard InChI is InChI=1S/C27H22Cl2N4O/c1-34-15-14-30-23-17-27-25(16-24(23)31-20-10-6-18(28)7-11-20)32-22-4-2-3-5-26(22)33(27)21-12-8-19(29)9-13-21/h2-13,16-17,31H,14-15H2,1H3. The van der Waals surface area contributed by atoms with E-state index in [1.807, 2.05) is 72.8 Å². The molecular weight excluding hydrogens is 467 g/mol. The van der Waals surface area contributed by atoms with Gasteiger partial charge in [-0.15, -0.1) is 0 Å². The van der Waals surface area contributed by atoms with Gasteiger partial charge in [-0.25, -0.2) is 4.98 Å². The zero-order valence-electron chi connectivity index (χ0n) is 18.5. The van der Waals surface area contributed by atoms with Gasteiger partial charge in [0.05, 0.1) is 46.6 Å². The summed E-state index contributed by atoms with van der Waals surface area (Å²) in [5.41, 5.74) is 6.45. The maximum absolute atomic E-state index is 6.17. The number of fused-ring (bicyclic) bond motifs is 2. The van der Waals surface area contributed by atoms with Crippen LogP contribution in [0.15, 0.2) is 89.9 Å². The topological polar surface area (TPSA) is 51.4 Å². The number of hydrogen-bond acceptors (Lipinski definition) is 4. The lowest BCUT2D eigenvalue weighted by molar-refractivity contribution is 0.207. The van der Waals surface area contributed by atoms with E-state index in [2.05, 4.69) is 22.0 Å². The Morgan fingerprint density at radius 3 is 2.35 bits per heavy atom. The molecule has 1 aliphatic heterocycles. The molecule has 0 unspecified atom stereocenters. The molecule has 0 amide bonds. The molecule has 0 radical (unpaired) electrons. The monoisotopic (exact) mass is 488 g/mol. The van der Waals surface area contributed by atoms with E-state index in [4.69, 9.17) is 37.9 Å². The van der Waals surface area contributed by atoms with Gasteiger partial charge in [-0.05, 0) is 72.8 Å². The number of nitrogens with zero attached hydrogens (tertiary/aromatic N) is 3. The van der Waals surface area contributed by atoms with Crippen LogP contribution in [0.1, 0.15) is 0 Å². The minimum atomic E-state index is 0.533. The number of ether oxygens (including phenoxy) is 1. The van der Waals surface area contributed by atoms with Crippen LogP contribution < -0.4 is 10.7 Å². The highest BCUT2D eigenvalue weighted by atomic mass is 35.5. The number of aromatic nitrogens is 2. The Kier molecular flexibility index (Phi) is 6.50. The fraction of sp³-hybridized carbons (Fsp3) is 0.111. The van der Waals surface area contributed by atoms with E-state index in [1.54, 1.807) is 7.11 Å². The fourth-order valence-corrected chi connectivity index (χ4v) is 4.14. The van der Waals surface area contributed by atoms with Crippen molar-refractivity contribution in [2.45, 2.75) is 0 Å². The Balaban J connectivity index is 1.77. The molecular formula is C27H22Cl2N4O. The number of benzene rings is 4. The van der Waals surface area contributed by atoms with Crippen LogP contribution in [0.4, 0.5) is 11.4 Å². The summed E-state index contributed by atoms with van der Waals surface area (Å²) >= 11 is 12.2. The normalized spacial score (nSPS) is 11.9. The van der Waals surface area contributed by atoms with Gasteiger partial charge in [0.1, 0.15) is 0 Å². The summed E-state index contributed by atoms with van der Waals surface area (Å²) in [6, 6.07) is 27.6.